The van der Waals surface area contributed by atoms with Crippen molar-refractivity contribution in [2.24, 2.45) is 0 Å². The first-order valence-corrected chi connectivity index (χ1v) is 6.41. The van der Waals surface area contributed by atoms with E-state index in [2.05, 4.69) is 9.72 Å². The molecule has 3 rings (SSSR count). The van der Waals surface area contributed by atoms with E-state index in [0.29, 0.717) is 5.56 Å². The second-order valence-electron chi connectivity index (χ2n) is 4.63. The Kier molecular flexibility index (Phi) is 3.36. The Morgan fingerprint density at radius 1 is 1.10 bits per heavy atom. The number of benzene rings is 2. The Morgan fingerprint density at radius 2 is 1.95 bits per heavy atom. The average Bonchev–Trinajstić information content (AvgIpc) is 2.53. The molecule has 0 aliphatic rings. The van der Waals surface area contributed by atoms with Gasteiger partial charge in [0.25, 0.3) is 0 Å². The lowest BCUT2D eigenvalue weighted by atomic mass is 10.0. The van der Waals surface area contributed by atoms with Crippen LogP contribution in [-0.2, 0) is 4.74 Å². The van der Waals surface area contributed by atoms with Crippen molar-refractivity contribution < 1.29 is 13.9 Å². The Hall–Kier alpha value is -2.75. The molecule has 1 heterocycles. The fraction of sp³-hybridized carbons (Fsp3) is 0.0588. The van der Waals surface area contributed by atoms with Crippen molar-refractivity contribution in [2.45, 2.75) is 0 Å². The van der Waals surface area contributed by atoms with Crippen LogP contribution < -0.4 is 0 Å². The predicted molar refractivity (Wildman–Crippen MR) is 78.5 cm³/mol. The quantitative estimate of drug-likeness (QED) is 0.670. The lowest BCUT2D eigenvalue weighted by molar-refractivity contribution is 0.0600. The number of aromatic nitrogens is 1. The number of hydrogen-bond acceptors (Lipinski definition) is 3. The van der Waals surface area contributed by atoms with Crippen LogP contribution in [0, 0.1) is 5.82 Å². The van der Waals surface area contributed by atoms with Crippen molar-refractivity contribution in [3.8, 4) is 11.1 Å². The molecule has 0 saturated carbocycles. The fourth-order valence-corrected chi connectivity index (χ4v) is 2.25. The molecular weight excluding hydrogens is 269 g/mol. The van der Waals surface area contributed by atoms with Gasteiger partial charge in [-0.25, -0.2) is 9.18 Å². The van der Waals surface area contributed by atoms with Gasteiger partial charge in [-0.05, 0) is 47.5 Å². The third-order valence-electron chi connectivity index (χ3n) is 3.26. The Morgan fingerprint density at radius 3 is 2.76 bits per heavy atom. The van der Waals surface area contributed by atoms with Crippen LogP contribution in [0.25, 0.3) is 22.0 Å². The van der Waals surface area contributed by atoms with Crippen molar-refractivity contribution in [1.82, 2.24) is 4.98 Å². The molecule has 2 aromatic carbocycles. The molecule has 3 aromatic rings. The van der Waals surface area contributed by atoms with Crippen LogP contribution in [-0.4, -0.2) is 18.1 Å². The zero-order chi connectivity index (χ0) is 14.8. The number of nitrogens with zero attached hydrogens (tertiary/aromatic N) is 1. The highest BCUT2D eigenvalue weighted by molar-refractivity contribution is 5.92. The zero-order valence-corrected chi connectivity index (χ0v) is 11.3. The largest absolute Gasteiger partial charge is 0.465 e. The summed E-state index contributed by atoms with van der Waals surface area (Å²) in [7, 11) is 1.27. The van der Waals surface area contributed by atoms with Crippen molar-refractivity contribution in [3.63, 3.8) is 0 Å². The summed E-state index contributed by atoms with van der Waals surface area (Å²) in [6.07, 6.45) is 1.72. The van der Waals surface area contributed by atoms with Crippen LogP contribution in [0.15, 0.2) is 54.7 Å². The molecule has 0 aliphatic carbocycles. The van der Waals surface area contributed by atoms with E-state index in [-0.39, 0.29) is 5.56 Å². The standard InChI is InChI=1S/C17H12FNO2/c1-21-17(20)14-8-13(9-15(18)10-14)11-4-5-16-12(7-11)3-2-6-19-16/h2-10H,1H3. The third-order valence-corrected chi connectivity index (χ3v) is 3.26. The van der Waals surface area contributed by atoms with Crippen LogP contribution in [0.2, 0.25) is 0 Å². The summed E-state index contributed by atoms with van der Waals surface area (Å²) < 4.78 is 18.3. The first-order valence-electron chi connectivity index (χ1n) is 6.41. The van der Waals surface area contributed by atoms with Gasteiger partial charge in [0.15, 0.2) is 0 Å². The Balaban J connectivity index is 2.13. The second-order valence-corrected chi connectivity index (χ2v) is 4.63. The maximum atomic E-state index is 13.7. The third kappa shape index (κ3) is 2.60. The Bertz CT molecular complexity index is 830. The van der Waals surface area contributed by atoms with Gasteiger partial charge in [-0.15, -0.1) is 0 Å². The van der Waals surface area contributed by atoms with E-state index in [1.54, 1.807) is 12.3 Å². The van der Waals surface area contributed by atoms with Gasteiger partial charge in [-0.1, -0.05) is 12.1 Å². The molecule has 0 spiro atoms. The summed E-state index contributed by atoms with van der Waals surface area (Å²) in [6.45, 7) is 0. The monoisotopic (exact) mass is 281 g/mol. The van der Waals surface area contributed by atoms with Gasteiger partial charge in [0.1, 0.15) is 5.82 Å². The van der Waals surface area contributed by atoms with Gasteiger partial charge in [0.2, 0.25) is 0 Å². The summed E-state index contributed by atoms with van der Waals surface area (Å²) in [5.41, 5.74) is 2.51. The van der Waals surface area contributed by atoms with Crippen molar-refractivity contribution in [1.29, 1.82) is 0 Å². The topological polar surface area (TPSA) is 39.2 Å². The normalized spacial score (nSPS) is 10.6. The minimum atomic E-state index is -0.557. The molecule has 0 radical (unpaired) electrons. The van der Waals surface area contributed by atoms with E-state index >= 15 is 0 Å². The summed E-state index contributed by atoms with van der Waals surface area (Å²) in [5, 5.41) is 0.957. The molecule has 0 saturated heterocycles. The highest BCUT2D eigenvalue weighted by Crippen LogP contribution is 2.25. The van der Waals surface area contributed by atoms with Gasteiger partial charge in [-0.2, -0.15) is 0 Å². The van der Waals surface area contributed by atoms with E-state index in [0.717, 1.165) is 22.5 Å². The Labute approximate surface area is 121 Å². The molecule has 0 aliphatic heterocycles. The molecule has 3 nitrogen and oxygen atoms in total. The van der Waals surface area contributed by atoms with E-state index in [9.17, 15) is 9.18 Å². The molecule has 0 bridgehead atoms. The summed E-state index contributed by atoms with van der Waals surface area (Å²) in [5.74, 6) is -1.03. The molecule has 0 amide bonds. The minimum absolute atomic E-state index is 0.193. The molecule has 21 heavy (non-hydrogen) atoms. The number of methoxy groups -OCH3 is 1. The smallest absolute Gasteiger partial charge is 0.337 e. The van der Waals surface area contributed by atoms with Crippen LogP contribution in [0.4, 0.5) is 4.39 Å². The zero-order valence-electron chi connectivity index (χ0n) is 11.3. The van der Waals surface area contributed by atoms with E-state index < -0.39 is 11.8 Å². The van der Waals surface area contributed by atoms with E-state index in [4.69, 9.17) is 0 Å². The van der Waals surface area contributed by atoms with Crippen LogP contribution in [0.1, 0.15) is 10.4 Å². The molecule has 0 N–H and O–H groups in total. The molecule has 0 atom stereocenters. The maximum absolute atomic E-state index is 13.7. The minimum Gasteiger partial charge on any atom is -0.465 e. The number of halogens is 1. The van der Waals surface area contributed by atoms with Crippen molar-refractivity contribution in [2.75, 3.05) is 7.11 Å². The van der Waals surface area contributed by atoms with Crippen LogP contribution >= 0.6 is 0 Å². The number of hydrogen-bond donors (Lipinski definition) is 0. The number of rotatable bonds is 2. The number of esters is 1. The van der Waals surface area contributed by atoms with Gasteiger partial charge in [0, 0.05) is 11.6 Å². The van der Waals surface area contributed by atoms with Gasteiger partial charge < -0.3 is 4.74 Å². The predicted octanol–water partition coefficient (Wildman–Crippen LogP) is 3.83. The highest BCUT2D eigenvalue weighted by Gasteiger charge is 2.10. The van der Waals surface area contributed by atoms with Crippen molar-refractivity contribution in [3.05, 3.63) is 66.1 Å². The first-order chi connectivity index (χ1) is 10.2. The molecule has 0 unspecified atom stereocenters. The average molecular weight is 281 g/mol. The highest BCUT2D eigenvalue weighted by atomic mass is 19.1. The summed E-state index contributed by atoms with van der Waals surface area (Å²) >= 11 is 0. The van der Waals surface area contributed by atoms with Gasteiger partial charge >= 0.3 is 5.97 Å². The summed E-state index contributed by atoms with van der Waals surface area (Å²) in [6, 6.07) is 13.6. The van der Waals surface area contributed by atoms with Gasteiger partial charge in [0.05, 0.1) is 18.2 Å². The van der Waals surface area contributed by atoms with Gasteiger partial charge in [-0.3, -0.25) is 4.98 Å². The first kappa shape index (κ1) is 13.2. The molecule has 104 valence electrons. The SMILES string of the molecule is COC(=O)c1cc(F)cc(-c2ccc3ncccc3c2)c1. The lowest BCUT2D eigenvalue weighted by Gasteiger charge is -2.06. The maximum Gasteiger partial charge on any atom is 0.337 e. The second kappa shape index (κ2) is 5.32. The van der Waals surface area contributed by atoms with Crippen LogP contribution in [0.3, 0.4) is 0 Å². The summed E-state index contributed by atoms with van der Waals surface area (Å²) in [4.78, 5) is 15.8. The molecular formula is C17H12FNO2. The number of carbonyl (C=O) groups is 1. The lowest BCUT2D eigenvalue weighted by Crippen LogP contribution is -2.02. The number of ether oxygens (including phenoxy) is 1. The molecule has 4 heteroatoms. The van der Waals surface area contributed by atoms with Crippen molar-refractivity contribution >= 4 is 16.9 Å². The van der Waals surface area contributed by atoms with Crippen LogP contribution in [0.5, 0.6) is 0 Å². The number of fused-ring (bicyclic) bond motifs is 1. The van der Waals surface area contributed by atoms with E-state index in [1.807, 2.05) is 30.3 Å². The molecule has 0 fully saturated rings. The fourth-order valence-electron chi connectivity index (χ4n) is 2.25. The number of carbonyl (C=O) groups excluding carboxylic acids is 1. The number of pyridine rings is 1. The van der Waals surface area contributed by atoms with E-state index in [1.165, 1.54) is 13.2 Å². The molecule has 1 aromatic heterocycles.